The number of nitrogens with one attached hydrogen (secondary N) is 2. The number of carbonyl (C=O) groups excluding carboxylic acids is 1. The van der Waals surface area contributed by atoms with Gasteiger partial charge in [-0.1, -0.05) is 0 Å². The molecule has 7 nitrogen and oxygen atoms in total. The van der Waals surface area contributed by atoms with Gasteiger partial charge in [-0.25, -0.2) is 0 Å². The second-order valence-electron chi connectivity index (χ2n) is 4.60. The molecule has 0 aromatic carbocycles. The van der Waals surface area contributed by atoms with Crippen molar-refractivity contribution in [2.24, 2.45) is 0 Å². The van der Waals surface area contributed by atoms with Crippen molar-refractivity contribution in [2.45, 2.75) is 25.8 Å². The number of aryl methyl sites for hydroxylation is 1. The smallest absolute Gasteiger partial charge is 0.288 e. The van der Waals surface area contributed by atoms with Crippen LogP contribution in [0.3, 0.4) is 0 Å². The van der Waals surface area contributed by atoms with Crippen LogP contribution in [0.15, 0.2) is 12.3 Å². The zero-order chi connectivity index (χ0) is 13.8. The SMILES string of the molecule is Cc1ncc([N+](=O)[O-])cc1C(=O)NC1CCCNC1. The van der Waals surface area contributed by atoms with E-state index in [9.17, 15) is 14.9 Å². The number of hydrogen-bond donors (Lipinski definition) is 2. The first-order chi connectivity index (χ1) is 9.08. The van der Waals surface area contributed by atoms with Crippen molar-refractivity contribution in [1.29, 1.82) is 0 Å². The molecule has 0 spiro atoms. The Kier molecular flexibility index (Phi) is 4.06. The molecular formula is C12H16N4O3. The maximum Gasteiger partial charge on any atom is 0.288 e. The van der Waals surface area contributed by atoms with Crippen molar-refractivity contribution < 1.29 is 9.72 Å². The predicted octanol–water partition coefficient (Wildman–Crippen LogP) is 0.780. The molecule has 0 aliphatic carbocycles. The van der Waals surface area contributed by atoms with Crippen LogP contribution in [-0.2, 0) is 0 Å². The molecule has 1 aliphatic heterocycles. The molecule has 1 unspecified atom stereocenters. The van der Waals surface area contributed by atoms with Gasteiger partial charge >= 0.3 is 0 Å². The second kappa shape index (κ2) is 5.75. The number of rotatable bonds is 3. The Bertz CT molecular complexity index is 498. The number of amides is 1. The molecule has 0 bridgehead atoms. The van der Waals surface area contributed by atoms with E-state index < -0.39 is 4.92 Å². The average Bonchev–Trinajstić information content (AvgIpc) is 2.40. The molecule has 1 aromatic rings. The Morgan fingerprint density at radius 1 is 1.63 bits per heavy atom. The van der Waals surface area contributed by atoms with Crippen LogP contribution in [0.1, 0.15) is 28.9 Å². The molecule has 0 saturated carbocycles. The van der Waals surface area contributed by atoms with Gasteiger partial charge in [0.25, 0.3) is 11.6 Å². The highest BCUT2D eigenvalue weighted by Crippen LogP contribution is 2.15. The van der Waals surface area contributed by atoms with Gasteiger partial charge < -0.3 is 10.6 Å². The number of hydrogen-bond acceptors (Lipinski definition) is 5. The highest BCUT2D eigenvalue weighted by atomic mass is 16.6. The minimum absolute atomic E-state index is 0.0694. The fourth-order valence-corrected chi connectivity index (χ4v) is 2.09. The molecule has 1 atom stereocenters. The van der Waals surface area contributed by atoms with E-state index in [1.54, 1.807) is 6.92 Å². The van der Waals surface area contributed by atoms with Gasteiger partial charge in [0.05, 0.1) is 16.2 Å². The quantitative estimate of drug-likeness (QED) is 0.621. The summed E-state index contributed by atoms with van der Waals surface area (Å²) in [5.74, 6) is -0.303. The monoisotopic (exact) mass is 264 g/mol. The lowest BCUT2D eigenvalue weighted by molar-refractivity contribution is -0.385. The number of pyridine rings is 1. The van der Waals surface area contributed by atoms with Gasteiger partial charge in [0.1, 0.15) is 6.20 Å². The number of nitrogens with zero attached hydrogens (tertiary/aromatic N) is 2. The molecule has 7 heteroatoms. The van der Waals surface area contributed by atoms with Crippen molar-refractivity contribution in [3.05, 3.63) is 33.6 Å². The van der Waals surface area contributed by atoms with E-state index in [4.69, 9.17) is 0 Å². The lowest BCUT2D eigenvalue weighted by Gasteiger charge is -2.23. The van der Waals surface area contributed by atoms with Gasteiger partial charge in [-0.2, -0.15) is 0 Å². The molecule has 0 radical (unpaired) electrons. The molecular weight excluding hydrogens is 248 g/mol. The van der Waals surface area contributed by atoms with Crippen molar-refractivity contribution in [2.75, 3.05) is 13.1 Å². The summed E-state index contributed by atoms with van der Waals surface area (Å²) in [6.07, 6.45) is 3.09. The van der Waals surface area contributed by atoms with Crippen molar-refractivity contribution in [3.8, 4) is 0 Å². The van der Waals surface area contributed by atoms with Gasteiger partial charge in [-0.3, -0.25) is 19.9 Å². The van der Waals surface area contributed by atoms with Crippen LogP contribution in [0, 0.1) is 17.0 Å². The third kappa shape index (κ3) is 3.25. The molecule has 2 heterocycles. The highest BCUT2D eigenvalue weighted by molar-refractivity contribution is 5.95. The Balaban J connectivity index is 2.13. The van der Waals surface area contributed by atoms with Crippen LogP contribution in [0.5, 0.6) is 0 Å². The zero-order valence-corrected chi connectivity index (χ0v) is 10.7. The fourth-order valence-electron chi connectivity index (χ4n) is 2.09. The number of aromatic nitrogens is 1. The van der Waals surface area contributed by atoms with Gasteiger partial charge in [0.15, 0.2) is 0 Å². The minimum Gasteiger partial charge on any atom is -0.348 e. The molecule has 1 aromatic heterocycles. The number of carbonyl (C=O) groups is 1. The van der Waals surface area contributed by atoms with E-state index in [2.05, 4.69) is 15.6 Å². The van der Waals surface area contributed by atoms with E-state index in [0.29, 0.717) is 5.69 Å². The maximum atomic E-state index is 12.1. The highest BCUT2D eigenvalue weighted by Gasteiger charge is 2.20. The van der Waals surface area contributed by atoms with Crippen LogP contribution < -0.4 is 10.6 Å². The zero-order valence-electron chi connectivity index (χ0n) is 10.7. The van der Waals surface area contributed by atoms with Crippen molar-refractivity contribution in [1.82, 2.24) is 15.6 Å². The summed E-state index contributed by atoms with van der Waals surface area (Å²) in [6.45, 7) is 3.36. The van der Waals surface area contributed by atoms with Gasteiger partial charge in [-0.05, 0) is 26.3 Å². The summed E-state index contributed by atoms with van der Waals surface area (Å²) in [6, 6.07) is 1.34. The molecule has 1 aliphatic rings. The van der Waals surface area contributed by atoms with E-state index in [1.165, 1.54) is 6.07 Å². The predicted molar refractivity (Wildman–Crippen MR) is 69.0 cm³/mol. The average molecular weight is 264 g/mol. The van der Waals surface area contributed by atoms with Crippen LogP contribution in [0.2, 0.25) is 0 Å². The van der Waals surface area contributed by atoms with E-state index in [0.717, 1.165) is 32.1 Å². The van der Waals surface area contributed by atoms with Crippen LogP contribution in [0.25, 0.3) is 0 Å². The first-order valence-electron chi connectivity index (χ1n) is 6.20. The lowest BCUT2D eigenvalue weighted by atomic mass is 10.1. The van der Waals surface area contributed by atoms with Gasteiger partial charge in [-0.15, -0.1) is 0 Å². The first-order valence-corrected chi connectivity index (χ1v) is 6.20. The van der Waals surface area contributed by atoms with E-state index in [1.807, 2.05) is 0 Å². The molecule has 102 valence electrons. The van der Waals surface area contributed by atoms with Crippen LogP contribution >= 0.6 is 0 Å². The molecule has 2 rings (SSSR count). The molecule has 1 amide bonds. The Labute approximate surface area is 110 Å². The van der Waals surface area contributed by atoms with E-state index in [-0.39, 0.29) is 23.2 Å². The lowest BCUT2D eigenvalue weighted by Crippen LogP contribution is -2.45. The molecule has 1 saturated heterocycles. The summed E-state index contributed by atoms with van der Waals surface area (Å²) in [5, 5.41) is 16.8. The summed E-state index contributed by atoms with van der Waals surface area (Å²) in [4.78, 5) is 26.2. The minimum atomic E-state index is -0.550. The number of piperidine rings is 1. The summed E-state index contributed by atoms with van der Waals surface area (Å²) < 4.78 is 0. The Morgan fingerprint density at radius 3 is 3.05 bits per heavy atom. The Hall–Kier alpha value is -2.02. The molecule has 2 N–H and O–H groups in total. The van der Waals surface area contributed by atoms with Gasteiger partial charge in [0.2, 0.25) is 0 Å². The van der Waals surface area contributed by atoms with Crippen molar-refractivity contribution >= 4 is 11.6 Å². The maximum absolute atomic E-state index is 12.1. The number of nitro groups is 1. The standard InChI is InChI=1S/C12H16N4O3/c1-8-11(5-10(7-14-8)16(18)19)12(17)15-9-3-2-4-13-6-9/h5,7,9,13H,2-4,6H2,1H3,(H,15,17). The van der Waals surface area contributed by atoms with Gasteiger partial charge in [0, 0.05) is 18.7 Å². The fraction of sp³-hybridized carbons (Fsp3) is 0.500. The third-order valence-electron chi connectivity index (χ3n) is 3.16. The topological polar surface area (TPSA) is 97.2 Å². The summed E-state index contributed by atoms with van der Waals surface area (Å²) >= 11 is 0. The van der Waals surface area contributed by atoms with E-state index >= 15 is 0 Å². The summed E-state index contributed by atoms with van der Waals surface area (Å²) in [5.41, 5.74) is 0.587. The van der Waals surface area contributed by atoms with Crippen LogP contribution in [-0.4, -0.2) is 34.9 Å². The third-order valence-corrected chi connectivity index (χ3v) is 3.16. The van der Waals surface area contributed by atoms with Crippen molar-refractivity contribution in [3.63, 3.8) is 0 Å². The largest absolute Gasteiger partial charge is 0.348 e. The Morgan fingerprint density at radius 2 is 2.42 bits per heavy atom. The molecule has 19 heavy (non-hydrogen) atoms. The normalized spacial score (nSPS) is 18.9. The molecule has 1 fully saturated rings. The van der Waals surface area contributed by atoms with Crippen LogP contribution in [0.4, 0.5) is 5.69 Å². The second-order valence-corrected chi connectivity index (χ2v) is 4.60. The first kappa shape index (κ1) is 13.4. The summed E-state index contributed by atoms with van der Waals surface area (Å²) in [7, 11) is 0.